The lowest BCUT2D eigenvalue weighted by molar-refractivity contribution is 0.130. The lowest BCUT2D eigenvalue weighted by Gasteiger charge is -2.23. The van der Waals surface area contributed by atoms with Crippen molar-refractivity contribution >= 4 is 0 Å². The molecule has 1 fully saturated rings. The molecule has 0 radical (unpaired) electrons. The van der Waals surface area contributed by atoms with Crippen LogP contribution in [0.4, 0.5) is 4.39 Å². The van der Waals surface area contributed by atoms with Crippen LogP contribution >= 0.6 is 0 Å². The van der Waals surface area contributed by atoms with E-state index in [0.717, 1.165) is 12.8 Å². The Morgan fingerprint density at radius 3 is 2.73 bits per heavy atom. The summed E-state index contributed by atoms with van der Waals surface area (Å²) in [6.07, 6.45) is 4.65. The fourth-order valence-electron chi connectivity index (χ4n) is 1.76. The molecule has 82 valence electrons. The van der Waals surface area contributed by atoms with Crippen molar-refractivity contribution in [3.63, 3.8) is 0 Å². The summed E-state index contributed by atoms with van der Waals surface area (Å²) in [7, 11) is 1.46. The first-order valence-corrected chi connectivity index (χ1v) is 4.97. The summed E-state index contributed by atoms with van der Waals surface area (Å²) in [5.74, 6) is 0.199. The number of ether oxygens (including phenoxy) is 1. The number of hydrogen-bond acceptors (Lipinski definition) is 4. The fourth-order valence-corrected chi connectivity index (χ4v) is 1.76. The summed E-state index contributed by atoms with van der Waals surface area (Å²) in [6, 6.07) is 0. The Balaban J connectivity index is 2.41. The Kier molecular flexibility index (Phi) is 2.56. The zero-order valence-electron chi connectivity index (χ0n) is 8.61. The summed E-state index contributed by atoms with van der Waals surface area (Å²) in [5, 5.41) is 0. The van der Waals surface area contributed by atoms with Gasteiger partial charge in [0.25, 0.3) is 0 Å². The molecule has 0 bridgehead atoms. The molecule has 5 heteroatoms. The van der Waals surface area contributed by atoms with Gasteiger partial charge in [-0.3, -0.25) is 4.98 Å². The highest BCUT2D eigenvalue weighted by atomic mass is 19.1. The van der Waals surface area contributed by atoms with Gasteiger partial charge in [0.2, 0.25) is 5.88 Å². The van der Waals surface area contributed by atoms with E-state index in [1.807, 2.05) is 0 Å². The first-order valence-electron chi connectivity index (χ1n) is 4.97. The zero-order chi connectivity index (χ0) is 10.9. The van der Waals surface area contributed by atoms with E-state index >= 15 is 0 Å². The van der Waals surface area contributed by atoms with E-state index in [-0.39, 0.29) is 24.0 Å². The van der Waals surface area contributed by atoms with Crippen LogP contribution in [0.5, 0.6) is 5.88 Å². The molecule has 1 atom stereocenters. The van der Waals surface area contributed by atoms with Gasteiger partial charge in [-0.15, -0.1) is 0 Å². The van der Waals surface area contributed by atoms with Gasteiger partial charge in [0.1, 0.15) is 5.69 Å². The Hall–Kier alpha value is -1.23. The van der Waals surface area contributed by atoms with Gasteiger partial charge in [-0.1, -0.05) is 0 Å². The topological polar surface area (TPSA) is 61.0 Å². The van der Waals surface area contributed by atoms with Crippen molar-refractivity contribution in [2.24, 2.45) is 11.7 Å². The van der Waals surface area contributed by atoms with Crippen molar-refractivity contribution in [1.82, 2.24) is 9.97 Å². The second kappa shape index (κ2) is 3.73. The third-order valence-electron chi connectivity index (χ3n) is 2.77. The number of halogens is 1. The van der Waals surface area contributed by atoms with Crippen LogP contribution < -0.4 is 10.5 Å². The second-order valence-corrected chi connectivity index (χ2v) is 3.76. The molecule has 1 aliphatic carbocycles. The maximum atomic E-state index is 14.6. The average molecular weight is 211 g/mol. The van der Waals surface area contributed by atoms with Crippen LogP contribution in [0.1, 0.15) is 18.5 Å². The predicted molar refractivity (Wildman–Crippen MR) is 53.1 cm³/mol. The number of methoxy groups -OCH3 is 1. The van der Waals surface area contributed by atoms with Crippen molar-refractivity contribution < 1.29 is 9.13 Å². The predicted octanol–water partition coefficient (Wildman–Crippen LogP) is 1.02. The van der Waals surface area contributed by atoms with Gasteiger partial charge < -0.3 is 10.5 Å². The van der Waals surface area contributed by atoms with Crippen LogP contribution in [0.15, 0.2) is 12.4 Å². The maximum absolute atomic E-state index is 14.6. The molecule has 1 aromatic rings. The molecule has 0 amide bonds. The van der Waals surface area contributed by atoms with Gasteiger partial charge in [0.15, 0.2) is 5.67 Å². The van der Waals surface area contributed by atoms with Crippen LogP contribution in [0, 0.1) is 5.92 Å². The highest BCUT2D eigenvalue weighted by Gasteiger charge is 2.49. The minimum Gasteiger partial charge on any atom is -0.480 e. The van der Waals surface area contributed by atoms with E-state index < -0.39 is 5.67 Å². The summed E-state index contributed by atoms with van der Waals surface area (Å²) < 4.78 is 19.6. The van der Waals surface area contributed by atoms with Crippen molar-refractivity contribution in [2.45, 2.75) is 18.5 Å². The molecule has 0 saturated heterocycles. The monoisotopic (exact) mass is 211 g/mol. The highest BCUT2D eigenvalue weighted by molar-refractivity contribution is 5.27. The Bertz CT molecular complexity index is 356. The zero-order valence-corrected chi connectivity index (χ0v) is 8.61. The van der Waals surface area contributed by atoms with Gasteiger partial charge in [-0.25, -0.2) is 9.37 Å². The third kappa shape index (κ3) is 1.67. The molecule has 1 unspecified atom stereocenters. The van der Waals surface area contributed by atoms with Crippen LogP contribution in [-0.4, -0.2) is 23.6 Å². The average Bonchev–Trinajstić information content (AvgIpc) is 3.12. The molecule has 0 spiro atoms. The van der Waals surface area contributed by atoms with E-state index in [0.29, 0.717) is 0 Å². The summed E-state index contributed by atoms with van der Waals surface area (Å²) in [6.45, 7) is -0.0767. The van der Waals surface area contributed by atoms with E-state index in [1.54, 1.807) is 0 Å². The summed E-state index contributed by atoms with van der Waals surface area (Å²) >= 11 is 0. The maximum Gasteiger partial charge on any atom is 0.238 e. The van der Waals surface area contributed by atoms with Crippen molar-refractivity contribution in [3.05, 3.63) is 18.1 Å². The first-order chi connectivity index (χ1) is 7.22. The number of hydrogen-bond donors (Lipinski definition) is 1. The molecule has 0 aliphatic heterocycles. The fraction of sp³-hybridized carbons (Fsp3) is 0.600. The lowest BCUT2D eigenvalue weighted by atomic mass is 9.96. The molecule has 1 aromatic heterocycles. The third-order valence-corrected chi connectivity index (χ3v) is 2.77. The number of aromatic nitrogens is 2. The van der Waals surface area contributed by atoms with Crippen LogP contribution in [0.25, 0.3) is 0 Å². The Morgan fingerprint density at radius 1 is 1.53 bits per heavy atom. The van der Waals surface area contributed by atoms with Crippen molar-refractivity contribution in [3.8, 4) is 5.88 Å². The minimum atomic E-state index is -1.58. The summed E-state index contributed by atoms with van der Waals surface area (Å²) in [5.41, 5.74) is 4.16. The molecule has 1 aliphatic rings. The van der Waals surface area contributed by atoms with Gasteiger partial charge in [-0.05, 0) is 12.8 Å². The van der Waals surface area contributed by atoms with E-state index in [9.17, 15) is 4.39 Å². The largest absolute Gasteiger partial charge is 0.480 e. The van der Waals surface area contributed by atoms with Gasteiger partial charge in [0, 0.05) is 24.9 Å². The SMILES string of the molecule is COc1nccnc1C(F)(CN)C1CC1. The van der Waals surface area contributed by atoms with E-state index in [4.69, 9.17) is 10.5 Å². The highest BCUT2D eigenvalue weighted by Crippen LogP contribution is 2.49. The van der Waals surface area contributed by atoms with Crippen molar-refractivity contribution in [2.75, 3.05) is 13.7 Å². The van der Waals surface area contributed by atoms with Crippen LogP contribution in [0.2, 0.25) is 0 Å². The normalized spacial score (nSPS) is 19.7. The minimum absolute atomic E-state index is 0.0342. The van der Waals surface area contributed by atoms with Gasteiger partial charge in [0.05, 0.1) is 7.11 Å². The molecule has 4 nitrogen and oxygen atoms in total. The van der Waals surface area contributed by atoms with Gasteiger partial charge in [-0.2, -0.15) is 0 Å². The molecular weight excluding hydrogens is 197 g/mol. The lowest BCUT2D eigenvalue weighted by Crippen LogP contribution is -2.34. The Morgan fingerprint density at radius 2 is 2.20 bits per heavy atom. The molecule has 0 aromatic carbocycles. The number of rotatable bonds is 4. The van der Waals surface area contributed by atoms with Crippen LogP contribution in [0.3, 0.4) is 0 Å². The summed E-state index contributed by atoms with van der Waals surface area (Å²) in [4.78, 5) is 7.95. The molecule has 1 heterocycles. The second-order valence-electron chi connectivity index (χ2n) is 3.76. The quantitative estimate of drug-likeness (QED) is 0.807. The van der Waals surface area contributed by atoms with E-state index in [2.05, 4.69) is 9.97 Å². The molecule has 1 saturated carbocycles. The van der Waals surface area contributed by atoms with E-state index in [1.165, 1.54) is 19.5 Å². The Labute approximate surface area is 87.7 Å². The molecule has 2 rings (SSSR count). The standard InChI is InChI=1S/C10H14FN3O/c1-15-9-8(13-4-5-14-9)10(11,6-12)7-2-3-7/h4-5,7H,2-3,6,12H2,1H3. The number of alkyl halides is 1. The number of nitrogens with two attached hydrogens (primary N) is 1. The number of nitrogens with zero attached hydrogens (tertiary/aromatic N) is 2. The molecule has 2 N–H and O–H groups in total. The van der Waals surface area contributed by atoms with Crippen LogP contribution in [-0.2, 0) is 5.67 Å². The first kappa shape index (κ1) is 10.3. The molecular formula is C10H14FN3O. The van der Waals surface area contributed by atoms with Gasteiger partial charge >= 0.3 is 0 Å². The van der Waals surface area contributed by atoms with Crippen molar-refractivity contribution in [1.29, 1.82) is 0 Å². The molecule has 15 heavy (non-hydrogen) atoms. The smallest absolute Gasteiger partial charge is 0.238 e.